The lowest BCUT2D eigenvalue weighted by molar-refractivity contribution is -0.192. The number of aromatic nitrogens is 2. The molecule has 1 aliphatic rings. The Morgan fingerprint density at radius 2 is 1.65 bits per heavy atom. The number of carboxylic acids is 1. The summed E-state index contributed by atoms with van der Waals surface area (Å²) in [7, 11) is 0. The van der Waals surface area contributed by atoms with E-state index < -0.39 is 12.1 Å². The lowest BCUT2D eigenvalue weighted by Gasteiger charge is -2.21. The van der Waals surface area contributed by atoms with E-state index in [1.165, 1.54) is 0 Å². The maximum absolute atomic E-state index is 12.9. The Morgan fingerprint density at radius 3 is 2.22 bits per heavy atom. The quantitative estimate of drug-likeness (QED) is 0.409. The predicted octanol–water partition coefficient (Wildman–Crippen LogP) is 5.31. The van der Waals surface area contributed by atoms with Gasteiger partial charge in [-0.2, -0.15) is 18.4 Å². The fraction of sp³-hybridized carbons (Fsp3) is 0.269. The largest absolute Gasteiger partial charge is 0.490 e. The Morgan fingerprint density at radius 1 is 1.03 bits per heavy atom. The van der Waals surface area contributed by atoms with Gasteiger partial charge in [0.15, 0.2) is 0 Å². The molecule has 0 saturated heterocycles. The number of carboxylic acid groups (broad SMARTS) is 1. The molecule has 0 radical (unpaired) electrons. The number of anilines is 2. The highest BCUT2D eigenvalue weighted by molar-refractivity contribution is 6.07. The Hall–Kier alpha value is -4.46. The molecule has 8 nitrogen and oxygen atoms in total. The summed E-state index contributed by atoms with van der Waals surface area (Å²) in [6.45, 7) is 0.546. The number of hydrogen-bond acceptors (Lipinski definition) is 6. The van der Waals surface area contributed by atoms with Crippen LogP contribution in [0.2, 0.25) is 0 Å². The van der Waals surface area contributed by atoms with Crippen LogP contribution in [0.25, 0.3) is 0 Å². The minimum absolute atomic E-state index is 0.232. The van der Waals surface area contributed by atoms with Crippen molar-refractivity contribution in [3.05, 3.63) is 83.8 Å². The molecule has 1 saturated carbocycles. The van der Waals surface area contributed by atoms with Crippen molar-refractivity contribution < 1.29 is 27.9 Å². The van der Waals surface area contributed by atoms with E-state index in [9.17, 15) is 23.2 Å². The Kier molecular flexibility index (Phi) is 8.79. The maximum atomic E-state index is 12.9. The van der Waals surface area contributed by atoms with E-state index in [0.717, 1.165) is 36.8 Å². The number of hydrogen-bond donors (Lipinski definition) is 3. The van der Waals surface area contributed by atoms with Crippen molar-refractivity contribution in [1.29, 1.82) is 5.26 Å². The highest BCUT2D eigenvalue weighted by Gasteiger charge is 2.38. The molecule has 0 aliphatic heterocycles. The van der Waals surface area contributed by atoms with Gasteiger partial charge in [-0.05, 0) is 60.4 Å². The number of halogens is 3. The topological polar surface area (TPSA) is 128 Å². The first-order valence-corrected chi connectivity index (χ1v) is 11.4. The molecule has 1 aromatic carbocycles. The van der Waals surface area contributed by atoms with Crippen LogP contribution in [0.4, 0.5) is 24.7 Å². The number of aliphatic carboxylic acids is 1. The van der Waals surface area contributed by atoms with E-state index in [1.807, 2.05) is 36.4 Å². The van der Waals surface area contributed by atoms with Gasteiger partial charge in [-0.1, -0.05) is 25.0 Å². The fourth-order valence-electron chi connectivity index (χ4n) is 3.93. The minimum Gasteiger partial charge on any atom is -0.475 e. The summed E-state index contributed by atoms with van der Waals surface area (Å²) in [5.41, 5.74) is 2.87. The van der Waals surface area contributed by atoms with Crippen molar-refractivity contribution >= 4 is 23.4 Å². The zero-order valence-corrected chi connectivity index (χ0v) is 19.6. The smallest absolute Gasteiger partial charge is 0.475 e. The average Bonchev–Trinajstić information content (AvgIpc) is 3.39. The van der Waals surface area contributed by atoms with Gasteiger partial charge in [0.05, 0.1) is 17.0 Å². The third kappa shape index (κ3) is 7.27. The molecule has 0 spiro atoms. The van der Waals surface area contributed by atoms with Crippen molar-refractivity contribution in [2.75, 3.05) is 10.6 Å². The monoisotopic (exact) mass is 511 g/mol. The molecule has 4 rings (SSSR count). The van der Waals surface area contributed by atoms with E-state index in [-0.39, 0.29) is 11.3 Å². The third-order valence-electron chi connectivity index (χ3n) is 5.87. The van der Waals surface area contributed by atoms with Crippen molar-refractivity contribution in [3.63, 3.8) is 0 Å². The highest BCUT2D eigenvalue weighted by atomic mass is 19.4. The van der Waals surface area contributed by atoms with Crippen LogP contribution in [0.15, 0.2) is 67.1 Å². The number of carbonyl (C=O) groups excluding carboxylic acids is 1. The van der Waals surface area contributed by atoms with Gasteiger partial charge in [-0.3, -0.25) is 9.78 Å². The summed E-state index contributed by atoms with van der Waals surface area (Å²) < 4.78 is 31.7. The Balaban J connectivity index is 0.000000479. The average molecular weight is 512 g/mol. The van der Waals surface area contributed by atoms with Gasteiger partial charge in [-0.15, -0.1) is 0 Å². The van der Waals surface area contributed by atoms with Crippen molar-refractivity contribution in [2.24, 2.45) is 0 Å². The van der Waals surface area contributed by atoms with Crippen LogP contribution in [0.5, 0.6) is 0 Å². The van der Waals surface area contributed by atoms with Crippen molar-refractivity contribution in [2.45, 2.75) is 43.8 Å². The fourth-order valence-corrected chi connectivity index (χ4v) is 3.93. The van der Waals surface area contributed by atoms with E-state index in [1.54, 1.807) is 30.7 Å². The Bertz CT molecular complexity index is 1250. The number of amides is 1. The van der Waals surface area contributed by atoms with Crippen LogP contribution < -0.4 is 10.6 Å². The van der Waals surface area contributed by atoms with E-state index in [0.29, 0.717) is 23.6 Å². The van der Waals surface area contributed by atoms with Crippen molar-refractivity contribution in [1.82, 2.24) is 9.97 Å². The van der Waals surface area contributed by atoms with Gasteiger partial charge in [0.2, 0.25) is 0 Å². The predicted molar refractivity (Wildman–Crippen MR) is 130 cm³/mol. The van der Waals surface area contributed by atoms with E-state index in [2.05, 4.69) is 26.7 Å². The normalized spacial score (nSPS) is 14.0. The molecule has 3 aromatic rings. The number of pyridine rings is 2. The SMILES string of the molecule is N#CC1(c2ccc(NC(=O)c3cccnc3NCc3ccncc3)cc2)CCCC1.O=C(O)C(F)(F)F. The molecular weight excluding hydrogens is 487 g/mol. The number of rotatable bonds is 6. The van der Waals surface area contributed by atoms with Crippen LogP contribution in [-0.4, -0.2) is 33.1 Å². The lowest BCUT2D eigenvalue weighted by Crippen LogP contribution is -2.21. The number of nitrogens with zero attached hydrogens (tertiary/aromatic N) is 3. The number of benzene rings is 1. The maximum Gasteiger partial charge on any atom is 0.490 e. The van der Waals surface area contributed by atoms with E-state index >= 15 is 0 Å². The lowest BCUT2D eigenvalue weighted by atomic mass is 9.80. The Labute approximate surface area is 211 Å². The molecule has 11 heteroatoms. The highest BCUT2D eigenvalue weighted by Crippen LogP contribution is 2.40. The number of nitrogens with one attached hydrogen (secondary N) is 2. The summed E-state index contributed by atoms with van der Waals surface area (Å²) in [5, 5.41) is 22.9. The molecule has 0 bridgehead atoms. The molecule has 1 aliphatic carbocycles. The van der Waals surface area contributed by atoms with Gasteiger partial charge < -0.3 is 15.7 Å². The van der Waals surface area contributed by atoms with Crippen LogP contribution in [-0.2, 0) is 16.8 Å². The second kappa shape index (κ2) is 12.0. The molecule has 192 valence electrons. The zero-order valence-electron chi connectivity index (χ0n) is 19.6. The van der Waals surface area contributed by atoms with Crippen LogP contribution >= 0.6 is 0 Å². The number of nitriles is 1. The molecule has 2 aromatic heterocycles. The van der Waals surface area contributed by atoms with Crippen molar-refractivity contribution in [3.8, 4) is 6.07 Å². The summed E-state index contributed by atoms with van der Waals surface area (Å²) in [6, 6.07) is 17.5. The van der Waals surface area contributed by atoms with Gasteiger partial charge >= 0.3 is 12.1 Å². The standard InChI is InChI=1S/C24H23N5O.C2HF3O2/c25-17-24(11-1-2-12-24)19-5-7-20(8-6-19)29-23(30)21-4-3-13-27-22(21)28-16-18-9-14-26-15-10-18;3-2(4,5)1(6)7/h3-10,13-15H,1-2,11-12,16H2,(H,27,28)(H,29,30);(H,6,7). The first-order valence-electron chi connectivity index (χ1n) is 11.4. The first-order chi connectivity index (χ1) is 17.6. The summed E-state index contributed by atoms with van der Waals surface area (Å²) in [4.78, 5) is 30.1. The molecule has 37 heavy (non-hydrogen) atoms. The molecule has 1 fully saturated rings. The first kappa shape index (κ1) is 27.1. The number of carbonyl (C=O) groups is 2. The van der Waals surface area contributed by atoms with Gasteiger partial charge in [0, 0.05) is 30.8 Å². The van der Waals surface area contributed by atoms with Gasteiger partial charge in [-0.25, -0.2) is 9.78 Å². The molecule has 2 heterocycles. The summed E-state index contributed by atoms with van der Waals surface area (Å²) >= 11 is 0. The second-order valence-corrected chi connectivity index (χ2v) is 8.34. The zero-order chi connectivity index (χ0) is 26.9. The van der Waals surface area contributed by atoms with Gasteiger partial charge in [0.1, 0.15) is 5.82 Å². The molecule has 3 N–H and O–H groups in total. The van der Waals surface area contributed by atoms with Crippen LogP contribution in [0, 0.1) is 11.3 Å². The van der Waals surface area contributed by atoms with Crippen LogP contribution in [0.3, 0.4) is 0 Å². The second-order valence-electron chi connectivity index (χ2n) is 8.34. The summed E-state index contributed by atoms with van der Waals surface area (Å²) in [6.07, 6.45) is 4.01. The number of alkyl halides is 3. The van der Waals surface area contributed by atoms with Gasteiger partial charge in [0.25, 0.3) is 5.91 Å². The molecule has 0 unspecified atom stereocenters. The summed E-state index contributed by atoms with van der Waals surface area (Å²) in [5.74, 6) is -2.46. The van der Waals surface area contributed by atoms with Crippen LogP contribution in [0.1, 0.15) is 47.2 Å². The third-order valence-corrected chi connectivity index (χ3v) is 5.87. The molecular formula is C26H24F3N5O3. The molecule has 0 atom stereocenters. The molecule has 1 amide bonds. The minimum atomic E-state index is -5.08. The van der Waals surface area contributed by atoms with E-state index in [4.69, 9.17) is 9.90 Å².